The summed E-state index contributed by atoms with van der Waals surface area (Å²) in [5, 5.41) is 24.9. The van der Waals surface area contributed by atoms with E-state index in [0.717, 1.165) is 6.07 Å². The summed E-state index contributed by atoms with van der Waals surface area (Å²) in [5.41, 5.74) is -0.175. The van der Waals surface area contributed by atoms with Crippen molar-refractivity contribution in [1.29, 1.82) is 5.26 Å². The topological polar surface area (TPSA) is 112 Å². The van der Waals surface area contributed by atoms with E-state index in [-0.39, 0.29) is 41.2 Å². The zero-order chi connectivity index (χ0) is 21.5. The Labute approximate surface area is 170 Å². The standard InChI is InChI=1S/C18H17BF3N5O3/c1-9-5-24-17(27-16(9)26-14-8-29-6-11(14)4-23)25-12-2-10-7-30-19(28)15(10)13(3-12)18(20,21)22/h2-3,5,11,14,28H,6-8H2,1H3,(H2,24,25,26,27)/t11-,14?/m0/s1. The molecule has 0 saturated carbocycles. The summed E-state index contributed by atoms with van der Waals surface area (Å²) >= 11 is 0. The van der Waals surface area contributed by atoms with Crippen LogP contribution in [0.5, 0.6) is 0 Å². The first-order valence-electron chi connectivity index (χ1n) is 9.14. The molecule has 12 heteroatoms. The fourth-order valence-electron chi connectivity index (χ4n) is 3.46. The van der Waals surface area contributed by atoms with Gasteiger partial charge in [0.05, 0.1) is 43.4 Å². The average molecular weight is 419 g/mol. The molecule has 1 aromatic heterocycles. The van der Waals surface area contributed by atoms with Gasteiger partial charge in [-0.3, -0.25) is 0 Å². The minimum absolute atomic E-state index is 0.0862. The van der Waals surface area contributed by atoms with E-state index in [0.29, 0.717) is 24.6 Å². The second-order valence-electron chi connectivity index (χ2n) is 7.13. The van der Waals surface area contributed by atoms with Gasteiger partial charge in [0.15, 0.2) is 0 Å². The van der Waals surface area contributed by atoms with Gasteiger partial charge in [0.1, 0.15) is 5.82 Å². The normalized spacial score (nSPS) is 20.7. The molecule has 0 aliphatic carbocycles. The molecule has 3 heterocycles. The van der Waals surface area contributed by atoms with E-state index >= 15 is 0 Å². The van der Waals surface area contributed by atoms with Crippen molar-refractivity contribution in [2.75, 3.05) is 23.8 Å². The van der Waals surface area contributed by atoms with Crippen LogP contribution in [0.1, 0.15) is 16.7 Å². The Bertz CT molecular complexity index is 1010. The van der Waals surface area contributed by atoms with E-state index in [9.17, 15) is 23.5 Å². The third-order valence-corrected chi connectivity index (χ3v) is 5.01. The average Bonchev–Trinajstić information content (AvgIpc) is 3.29. The van der Waals surface area contributed by atoms with Crippen molar-refractivity contribution < 1.29 is 27.6 Å². The van der Waals surface area contributed by atoms with Gasteiger partial charge < -0.3 is 25.0 Å². The molecule has 3 N–H and O–H groups in total. The number of ether oxygens (including phenoxy) is 1. The number of aromatic nitrogens is 2. The van der Waals surface area contributed by atoms with Gasteiger partial charge in [-0.15, -0.1) is 0 Å². The number of nitrogens with one attached hydrogen (secondary N) is 2. The van der Waals surface area contributed by atoms with Crippen LogP contribution in [0, 0.1) is 24.2 Å². The van der Waals surface area contributed by atoms with Crippen molar-refractivity contribution in [2.24, 2.45) is 5.92 Å². The van der Waals surface area contributed by atoms with Crippen molar-refractivity contribution in [1.82, 2.24) is 9.97 Å². The molecule has 1 fully saturated rings. The lowest BCUT2D eigenvalue weighted by Gasteiger charge is -2.18. The molecular weight excluding hydrogens is 402 g/mol. The fraction of sp³-hybridized carbons (Fsp3) is 0.389. The molecule has 2 aliphatic rings. The van der Waals surface area contributed by atoms with Gasteiger partial charge in [-0.1, -0.05) is 0 Å². The summed E-state index contributed by atoms with van der Waals surface area (Å²) in [7, 11) is -1.61. The predicted octanol–water partition coefficient (Wildman–Crippen LogP) is 1.72. The van der Waals surface area contributed by atoms with Crippen LogP contribution in [0.3, 0.4) is 0 Å². The molecular formula is C18H17BF3N5O3. The van der Waals surface area contributed by atoms with Crippen molar-refractivity contribution in [2.45, 2.75) is 25.7 Å². The summed E-state index contributed by atoms with van der Waals surface area (Å²) in [6.45, 7) is 2.33. The molecule has 30 heavy (non-hydrogen) atoms. The Morgan fingerprint density at radius 2 is 2.13 bits per heavy atom. The highest BCUT2D eigenvalue weighted by Crippen LogP contribution is 2.33. The second kappa shape index (κ2) is 7.75. The van der Waals surface area contributed by atoms with Crippen LogP contribution in [0.2, 0.25) is 0 Å². The number of benzene rings is 1. The zero-order valence-electron chi connectivity index (χ0n) is 15.8. The van der Waals surface area contributed by atoms with Crippen molar-refractivity contribution >= 4 is 30.0 Å². The number of aryl methyl sites for hydroxylation is 1. The largest absolute Gasteiger partial charge is 0.492 e. The first-order valence-corrected chi connectivity index (χ1v) is 9.14. The highest BCUT2D eigenvalue weighted by Gasteiger charge is 2.41. The Hall–Kier alpha value is -2.88. The Balaban J connectivity index is 1.62. The molecule has 0 bridgehead atoms. The second-order valence-corrected chi connectivity index (χ2v) is 7.13. The van der Waals surface area contributed by atoms with Crippen molar-refractivity contribution in [3.05, 3.63) is 35.0 Å². The van der Waals surface area contributed by atoms with Crippen LogP contribution >= 0.6 is 0 Å². The maximum absolute atomic E-state index is 13.5. The van der Waals surface area contributed by atoms with E-state index in [1.165, 1.54) is 12.3 Å². The number of rotatable bonds is 4. The van der Waals surface area contributed by atoms with Gasteiger partial charge in [0.2, 0.25) is 5.95 Å². The maximum atomic E-state index is 13.5. The number of nitriles is 1. The molecule has 8 nitrogen and oxygen atoms in total. The lowest BCUT2D eigenvalue weighted by atomic mass is 9.75. The van der Waals surface area contributed by atoms with Crippen LogP contribution < -0.4 is 16.1 Å². The minimum Gasteiger partial charge on any atom is -0.423 e. The first-order chi connectivity index (χ1) is 14.3. The van der Waals surface area contributed by atoms with E-state index in [1.807, 2.05) is 0 Å². The monoisotopic (exact) mass is 419 g/mol. The summed E-state index contributed by atoms with van der Waals surface area (Å²) in [4.78, 5) is 8.47. The molecule has 1 aromatic carbocycles. The number of hydrogen-bond donors (Lipinski definition) is 3. The van der Waals surface area contributed by atoms with Gasteiger partial charge >= 0.3 is 13.3 Å². The van der Waals surface area contributed by atoms with E-state index < -0.39 is 18.9 Å². The predicted molar refractivity (Wildman–Crippen MR) is 101 cm³/mol. The smallest absolute Gasteiger partial charge is 0.423 e. The quantitative estimate of drug-likeness (QED) is 0.643. The van der Waals surface area contributed by atoms with E-state index in [4.69, 9.17) is 9.39 Å². The zero-order valence-corrected chi connectivity index (χ0v) is 15.8. The Morgan fingerprint density at radius 3 is 2.87 bits per heavy atom. The first kappa shape index (κ1) is 20.4. The van der Waals surface area contributed by atoms with Gasteiger partial charge in [-0.2, -0.15) is 23.4 Å². The molecule has 1 unspecified atom stereocenters. The minimum atomic E-state index is -4.66. The molecule has 0 amide bonds. The molecule has 2 aromatic rings. The lowest BCUT2D eigenvalue weighted by molar-refractivity contribution is -0.136. The third-order valence-electron chi connectivity index (χ3n) is 5.01. The molecule has 4 rings (SSSR count). The highest BCUT2D eigenvalue weighted by molar-refractivity contribution is 6.62. The number of anilines is 3. The number of halogens is 3. The van der Waals surface area contributed by atoms with Crippen LogP contribution in [0.4, 0.5) is 30.6 Å². The Kier molecular flexibility index (Phi) is 5.27. The molecule has 2 atom stereocenters. The summed E-state index contributed by atoms with van der Waals surface area (Å²) in [6, 6.07) is 4.29. The molecule has 1 saturated heterocycles. The highest BCUT2D eigenvalue weighted by atomic mass is 19.4. The summed E-state index contributed by atoms with van der Waals surface area (Å²) in [6.07, 6.45) is -3.13. The number of hydrogen-bond acceptors (Lipinski definition) is 8. The number of nitrogens with zero attached hydrogens (tertiary/aromatic N) is 3. The van der Waals surface area contributed by atoms with E-state index in [2.05, 4.69) is 26.7 Å². The molecule has 156 valence electrons. The molecule has 0 spiro atoms. The maximum Gasteiger partial charge on any atom is 0.492 e. The number of alkyl halides is 3. The number of fused-ring (bicyclic) bond motifs is 1. The third kappa shape index (κ3) is 3.91. The van der Waals surface area contributed by atoms with Gasteiger partial charge in [0.25, 0.3) is 0 Å². The fourth-order valence-corrected chi connectivity index (χ4v) is 3.46. The Morgan fingerprint density at radius 1 is 1.33 bits per heavy atom. The van der Waals surface area contributed by atoms with Gasteiger partial charge in [-0.25, -0.2) is 4.98 Å². The van der Waals surface area contributed by atoms with Crippen molar-refractivity contribution in [3.8, 4) is 6.07 Å². The van der Waals surface area contributed by atoms with Gasteiger partial charge in [0, 0.05) is 22.9 Å². The molecule has 0 radical (unpaired) electrons. The summed E-state index contributed by atoms with van der Waals surface area (Å²) in [5.74, 6) is 0.218. The van der Waals surface area contributed by atoms with E-state index in [1.54, 1.807) is 6.92 Å². The van der Waals surface area contributed by atoms with Crippen LogP contribution in [0.15, 0.2) is 18.3 Å². The van der Waals surface area contributed by atoms with Crippen LogP contribution in [-0.4, -0.2) is 41.4 Å². The SMILES string of the molecule is Cc1cnc(Nc2cc3c(c(C(F)(F)F)c2)B(O)OC3)nc1NC1COC[C@@H]1C#N. The van der Waals surface area contributed by atoms with Crippen molar-refractivity contribution in [3.63, 3.8) is 0 Å². The summed E-state index contributed by atoms with van der Waals surface area (Å²) < 4.78 is 50.7. The van der Waals surface area contributed by atoms with Gasteiger partial charge in [-0.05, 0) is 24.6 Å². The lowest BCUT2D eigenvalue weighted by Crippen LogP contribution is -2.34. The van der Waals surface area contributed by atoms with Crippen LogP contribution in [0.25, 0.3) is 0 Å². The molecule has 2 aliphatic heterocycles. The van der Waals surface area contributed by atoms with Crippen LogP contribution in [-0.2, 0) is 22.2 Å².